The summed E-state index contributed by atoms with van der Waals surface area (Å²) in [5.74, 6) is -0.701. The van der Waals surface area contributed by atoms with Gasteiger partial charge in [-0.2, -0.15) is 0 Å². The Kier molecular flexibility index (Phi) is 6.12. The molecule has 0 aliphatic carbocycles. The fourth-order valence-electron chi connectivity index (χ4n) is 2.55. The molecule has 0 aliphatic heterocycles. The minimum absolute atomic E-state index is 0.0861. The van der Waals surface area contributed by atoms with E-state index >= 15 is 0 Å². The number of amides is 1. The summed E-state index contributed by atoms with van der Waals surface area (Å²) in [5.41, 5.74) is 1.88. The number of hydrogen-bond acceptors (Lipinski definition) is 4. The van der Waals surface area contributed by atoms with Gasteiger partial charge < -0.3 is 15.2 Å². The van der Waals surface area contributed by atoms with Crippen molar-refractivity contribution in [1.29, 1.82) is 0 Å². The van der Waals surface area contributed by atoms with Crippen molar-refractivity contribution in [2.45, 2.75) is 6.92 Å². The first kappa shape index (κ1) is 19.4. The molecule has 2 N–H and O–H groups in total. The van der Waals surface area contributed by atoms with E-state index in [0.29, 0.717) is 22.7 Å². The van der Waals surface area contributed by atoms with E-state index in [9.17, 15) is 14.7 Å². The Bertz CT molecular complexity index is 965. The molecular formula is C20H16INO4S. The van der Waals surface area contributed by atoms with Crippen molar-refractivity contribution in [3.8, 4) is 16.9 Å². The van der Waals surface area contributed by atoms with Gasteiger partial charge in [0.2, 0.25) is 0 Å². The number of carbonyl (C=O) groups excluding carboxylic acids is 1. The Hall–Kier alpha value is -2.39. The lowest BCUT2D eigenvalue weighted by molar-refractivity contribution is 0.0699. The molecule has 7 heteroatoms. The average Bonchev–Trinajstić information content (AvgIpc) is 3.07. The Morgan fingerprint density at radius 2 is 1.78 bits per heavy atom. The molecule has 27 heavy (non-hydrogen) atoms. The van der Waals surface area contributed by atoms with Crippen molar-refractivity contribution < 1.29 is 19.4 Å². The minimum atomic E-state index is -1.09. The van der Waals surface area contributed by atoms with Crippen LogP contribution in [0.4, 0.5) is 5.00 Å². The molecular weight excluding hydrogens is 477 g/mol. The monoisotopic (exact) mass is 493 g/mol. The SMILES string of the molecule is CCOc1ccc(-c2csc(NC(=O)c3ccc(I)cc3)c2C(=O)O)cc1. The number of carboxylic acids is 1. The smallest absolute Gasteiger partial charge is 0.339 e. The van der Waals surface area contributed by atoms with Gasteiger partial charge in [-0.3, -0.25) is 4.79 Å². The first-order chi connectivity index (χ1) is 13.0. The van der Waals surface area contributed by atoms with Gasteiger partial charge in [0.1, 0.15) is 16.3 Å². The highest BCUT2D eigenvalue weighted by Crippen LogP contribution is 2.36. The maximum absolute atomic E-state index is 12.4. The molecule has 3 aromatic rings. The average molecular weight is 493 g/mol. The third-order valence-electron chi connectivity index (χ3n) is 3.81. The second-order valence-corrected chi connectivity index (χ2v) is 7.70. The zero-order chi connectivity index (χ0) is 19.4. The van der Waals surface area contributed by atoms with Crippen LogP contribution in [0.1, 0.15) is 27.6 Å². The lowest BCUT2D eigenvalue weighted by Gasteiger charge is -2.07. The largest absolute Gasteiger partial charge is 0.494 e. The van der Waals surface area contributed by atoms with E-state index in [1.165, 1.54) is 11.3 Å². The second kappa shape index (κ2) is 8.53. The zero-order valence-corrected chi connectivity index (χ0v) is 17.3. The number of carbonyl (C=O) groups is 2. The number of anilines is 1. The summed E-state index contributed by atoms with van der Waals surface area (Å²) in [6.45, 7) is 2.46. The number of halogens is 1. The van der Waals surface area contributed by atoms with Crippen molar-refractivity contribution in [1.82, 2.24) is 0 Å². The van der Waals surface area contributed by atoms with Gasteiger partial charge in [-0.25, -0.2) is 4.79 Å². The van der Waals surface area contributed by atoms with Gasteiger partial charge >= 0.3 is 5.97 Å². The Morgan fingerprint density at radius 1 is 1.11 bits per heavy atom. The lowest BCUT2D eigenvalue weighted by atomic mass is 10.0. The fraction of sp³-hybridized carbons (Fsp3) is 0.100. The summed E-state index contributed by atoms with van der Waals surface area (Å²) in [7, 11) is 0. The minimum Gasteiger partial charge on any atom is -0.494 e. The van der Waals surface area contributed by atoms with Gasteiger partial charge in [0.15, 0.2) is 0 Å². The molecule has 0 unspecified atom stereocenters. The second-order valence-electron chi connectivity index (χ2n) is 5.58. The van der Waals surface area contributed by atoms with Crippen LogP contribution in [0.5, 0.6) is 5.75 Å². The van der Waals surface area contributed by atoms with E-state index in [1.807, 2.05) is 31.2 Å². The number of hydrogen-bond donors (Lipinski definition) is 2. The van der Waals surface area contributed by atoms with Crippen LogP contribution >= 0.6 is 33.9 Å². The first-order valence-corrected chi connectivity index (χ1v) is 10.1. The molecule has 1 heterocycles. The van der Waals surface area contributed by atoms with Gasteiger partial charge in [-0.1, -0.05) is 12.1 Å². The van der Waals surface area contributed by atoms with E-state index in [4.69, 9.17) is 4.74 Å². The predicted octanol–water partition coefficient (Wildman–Crippen LogP) is 5.37. The van der Waals surface area contributed by atoms with Crippen molar-refractivity contribution in [2.75, 3.05) is 11.9 Å². The highest BCUT2D eigenvalue weighted by Gasteiger charge is 2.21. The molecule has 3 rings (SSSR count). The van der Waals surface area contributed by atoms with Gasteiger partial charge in [0.05, 0.1) is 6.61 Å². The number of thiophene rings is 1. The van der Waals surface area contributed by atoms with Crippen LogP contribution < -0.4 is 10.1 Å². The summed E-state index contributed by atoms with van der Waals surface area (Å²) in [4.78, 5) is 24.3. The third kappa shape index (κ3) is 4.48. The molecule has 0 fully saturated rings. The molecule has 5 nitrogen and oxygen atoms in total. The van der Waals surface area contributed by atoms with E-state index in [-0.39, 0.29) is 11.5 Å². The third-order valence-corrected chi connectivity index (χ3v) is 5.43. The van der Waals surface area contributed by atoms with Gasteiger partial charge in [0, 0.05) is 20.1 Å². The van der Waals surface area contributed by atoms with Crippen LogP contribution in [-0.4, -0.2) is 23.6 Å². The number of ether oxygens (including phenoxy) is 1. The van der Waals surface area contributed by atoms with Crippen LogP contribution in [0.25, 0.3) is 11.1 Å². The zero-order valence-electron chi connectivity index (χ0n) is 14.4. The molecule has 0 bridgehead atoms. The van der Waals surface area contributed by atoms with Gasteiger partial charge in [-0.05, 0) is 71.5 Å². The summed E-state index contributed by atoms with van der Waals surface area (Å²) in [6.07, 6.45) is 0. The number of carboxylic acid groups (broad SMARTS) is 1. The number of aromatic carboxylic acids is 1. The maximum Gasteiger partial charge on any atom is 0.339 e. The van der Waals surface area contributed by atoms with Crippen LogP contribution in [0.2, 0.25) is 0 Å². The van der Waals surface area contributed by atoms with Gasteiger partial charge in [0.25, 0.3) is 5.91 Å². The van der Waals surface area contributed by atoms with Crippen LogP contribution in [0.3, 0.4) is 0 Å². The number of rotatable bonds is 6. The van der Waals surface area contributed by atoms with E-state index in [0.717, 1.165) is 14.9 Å². The highest BCUT2D eigenvalue weighted by atomic mass is 127. The van der Waals surface area contributed by atoms with E-state index < -0.39 is 5.97 Å². The van der Waals surface area contributed by atoms with E-state index in [1.54, 1.807) is 29.6 Å². The Balaban J connectivity index is 1.90. The summed E-state index contributed by atoms with van der Waals surface area (Å²) in [5, 5.41) is 14.5. The summed E-state index contributed by atoms with van der Waals surface area (Å²) >= 11 is 3.35. The number of nitrogens with one attached hydrogen (secondary N) is 1. The van der Waals surface area contributed by atoms with Crippen molar-refractivity contribution in [3.63, 3.8) is 0 Å². The molecule has 0 atom stereocenters. The first-order valence-electron chi connectivity index (χ1n) is 8.14. The molecule has 0 aliphatic rings. The fourth-order valence-corrected chi connectivity index (χ4v) is 3.86. The molecule has 1 aromatic heterocycles. The summed E-state index contributed by atoms with van der Waals surface area (Å²) in [6, 6.07) is 14.3. The molecule has 1 amide bonds. The normalized spacial score (nSPS) is 10.4. The molecule has 0 radical (unpaired) electrons. The van der Waals surface area contributed by atoms with Crippen molar-refractivity contribution >= 4 is 50.8 Å². The quantitative estimate of drug-likeness (QED) is 0.453. The molecule has 2 aromatic carbocycles. The maximum atomic E-state index is 12.4. The predicted molar refractivity (Wildman–Crippen MR) is 115 cm³/mol. The van der Waals surface area contributed by atoms with Crippen molar-refractivity contribution in [3.05, 3.63) is 68.6 Å². The molecule has 0 saturated carbocycles. The standard InChI is InChI=1S/C20H16INO4S/c1-2-26-15-9-5-12(6-10-15)16-11-27-19(17(16)20(24)25)22-18(23)13-3-7-14(21)8-4-13/h3-11H,2H2,1H3,(H,22,23)(H,24,25). The number of benzene rings is 2. The van der Waals surface area contributed by atoms with Gasteiger partial charge in [-0.15, -0.1) is 11.3 Å². The van der Waals surface area contributed by atoms with E-state index in [2.05, 4.69) is 27.9 Å². The topological polar surface area (TPSA) is 75.6 Å². The van der Waals surface area contributed by atoms with Crippen molar-refractivity contribution in [2.24, 2.45) is 0 Å². The van der Waals surface area contributed by atoms with Crippen LogP contribution in [0, 0.1) is 3.57 Å². The van der Waals surface area contributed by atoms with Crippen LogP contribution in [-0.2, 0) is 0 Å². The molecule has 0 spiro atoms. The summed E-state index contributed by atoms with van der Waals surface area (Å²) < 4.78 is 6.44. The Morgan fingerprint density at radius 3 is 2.37 bits per heavy atom. The lowest BCUT2D eigenvalue weighted by Crippen LogP contribution is -2.13. The molecule has 0 saturated heterocycles. The highest BCUT2D eigenvalue weighted by molar-refractivity contribution is 14.1. The Labute approximate surface area is 174 Å². The molecule has 138 valence electrons. The van der Waals surface area contributed by atoms with Crippen LogP contribution in [0.15, 0.2) is 53.9 Å².